The molecule has 0 saturated carbocycles. The summed E-state index contributed by atoms with van der Waals surface area (Å²) in [5, 5.41) is 15.7. The topological polar surface area (TPSA) is 128 Å². The third-order valence-corrected chi connectivity index (χ3v) is 5.87. The lowest BCUT2D eigenvalue weighted by molar-refractivity contribution is -0.114. The zero-order valence-corrected chi connectivity index (χ0v) is 18.9. The van der Waals surface area contributed by atoms with Crippen LogP contribution in [0.4, 0.5) is 32.1 Å². The fourth-order valence-corrected chi connectivity index (χ4v) is 4.33. The number of amides is 3. The minimum atomic E-state index is -0.577. The van der Waals surface area contributed by atoms with E-state index >= 15 is 0 Å². The molecule has 2 aromatic carbocycles. The van der Waals surface area contributed by atoms with Crippen LogP contribution >= 0.6 is 0 Å². The van der Waals surface area contributed by atoms with E-state index in [2.05, 4.69) is 53.1 Å². The van der Waals surface area contributed by atoms with Crippen LogP contribution in [0.5, 0.6) is 0 Å². The number of nitrogens with zero attached hydrogens (tertiary/aromatic N) is 4. The first kappa shape index (κ1) is 22.3. The van der Waals surface area contributed by atoms with E-state index in [9.17, 15) is 14.0 Å². The van der Waals surface area contributed by atoms with Crippen molar-refractivity contribution in [1.29, 1.82) is 0 Å². The Kier molecular flexibility index (Phi) is 5.96. The monoisotopic (exact) mass is 474 g/mol. The van der Waals surface area contributed by atoms with Gasteiger partial charge in [0.2, 0.25) is 5.91 Å². The van der Waals surface area contributed by atoms with Crippen molar-refractivity contribution < 1.29 is 14.0 Å². The Hall–Kier alpha value is -4.54. The average molecular weight is 475 g/mol. The van der Waals surface area contributed by atoms with Crippen LogP contribution in [-0.4, -0.2) is 45.2 Å². The molecule has 10 nitrogen and oxygen atoms in total. The summed E-state index contributed by atoms with van der Waals surface area (Å²) in [6.45, 7) is 2.43. The van der Waals surface area contributed by atoms with Crippen molar-refractivity contribution >= 4 is 45.9 Å². The lowest BCUT2D eigenvalue weighted by Crippen LogP contribution is -2.30. The molecule has 0 spiro atoms. The van der Waals surface area contributed by atoms with Gasteiger partial charge in [0, 0.05) is 37.3 Å². The van der Waals surface area contributed by atoms with Gasteiger partial charge in [-0.15, -0.1) is 0 Å². The molecule has 1 unspecified atom stereocenters. The molecule has 1 atom stereocenters. The number of benzene rings is 2. The second kappa shape index (κ2) is 9.37. The van der Waals surface area contributed by atoms with E-state index in [0.29, 0.717) is 30.8 Å². The first-order valence-electron chi connectivity index (χ1n) is 11.1. The second-order valence-electron chi connectivity index (χ2n) is 8.24. The SMILES string of the molecule is CC(=O)Nc1cc(NC(=O)NCCC2CN(c3ncnc4[nH]ncc34)c3ccccc32)ccc1F. The molecule has 4 aromatic rings. The van der Waals surface area contributed by atoms with Gasteiger partial charge in [0.25, 0.3) is 0 Å². The number of fused-ring (bicyclic) bond motifs is 2. The summed E-state index contributed by atoms with van der Waals surface area (Å²) in [4.78, 5) is 34.5. The molecule has 11 heteroatoms. The number of halogens is 1. The summed E-state index contributed by atoms with van der Waals surface area (Å²) in [6, 6.07) is 11.7. The van der Waals surface area contributed by atoms with Crippen LogP contribution < -0.4 is 20.9 Å². The molecular formula is C24H23FN8O2. The second-order valence-corrected chi connectivity index (χ2v) is 8.24. The maximum Gasteiger partial charge on any atom is 0.319 e. The fraction of sp³-hybridized carbons (Fsp3) is 0.208. The van der Waals surface area contributed by atoms with Gasteiger partial charge >= 0.3 is 6.03 Å². The number of H-pyrrole nitrogens is 1. The number of hydrogen-bond acceptors (Lipinski definition) is 6. The molecule has 0 radical (unpaired) electrons. The molecule has 4 N–H and O–H groups in total. The Labute approximate surface area is 200 Å². The van der Waals surface area contributed by atoms with Crippen molar-refractivity contribution in [3.8, 4) is 0 Å². The number of carbonyl (C=O) groups excluding carboxylic acids is 2. The highest BCUT2D eigenvalue weighted by molar-refractivity contribution is 5.93. The normalized spacial score (nSPS) is 14.6. The van der Waals surface area contributed by atoms with Crippen molar-refractivity contribution in [2.45, 2.75) is 19.3 Å². The van der Waals surface area contributed by atoms with E-state index in [1.807, 2.05) is 12.1 Å². The number of carbonyl (C=O) groups is 2. The van der Waals surface area contributed by atoms with E-state index in [1.54, 1.807) is 6.20 Å². The number of rotatable bonds is 6. The molecule has 3 amide bonds. The lowest BCUT2D eigenvalue weighted by Gasteiger charge is -2.19. The number of aromatic amines is 1. The predicted molar refractivity (Wildman–Crippen MR) is 130 cm³/mol. The number of anilines is 4. The van der Waals surface area contributed by atoms with Crippen LogP contribution in [-0.2, 0) is 4.79 Å². The summed E-state index contributed by atoms with van der Waals surface area (Å²) in [7, 11) is 0. The maximum absolute atomic E-state index is 13.8. The van der Waals surface area contributed by atoms with Crippen LogP contribution in [0.3, 0.4) is 0 Å². The van der Waals surface area contributed by atoms with E-state index < -0.39 is 17.8 Å². The molecular weight excluding hydrogens is 451 g/mol. The van der Waals surface area contributed by atoms with Crippen molar-refractivity contribution in [2.24, 2.45) is 0 Å². The van der Waals surface area contributed by atoms with Gasteiger partial charge in [0.1, 0.15) is 18.0 Å². The van der Waals surface area contributed by atoms with E-state index in [-0.39, 0.29) is 11.6 Å². The third-order valence-electron chi connectivity index (χ3n) is 5.87. The molecule has 5 rings (SSSR count). The van der Waals surface area contributed by atoms with Crippen LogP contribution in [0.15, 0.2) is 55.0 Å². The standard InChI is InChI=1S/C24H23FN8O2/c1-14(34)30-20-10-16(6-7-19(20)25)31-24(35)26-9-8-15-12-33(21-5-3-2-4-17(15)21)23-18-11-29-32-22(18)27-13-28-23/h2-7,10-11,13,15H,8-9,12H2,1H3,(H,30,34)(H2,26,31,35)(H,27,28,29,32). The number of urea groups is 1. The van der Waals surface area contributed by atoms with E-state index in [4.69, 9.17) is 0 Å². The quantitative estimate of drug-likeness (QED) is 0.336. The number of para-hydroxylation sites is 1. The predicted octanol–water partition coefficient (Wildman–Crippen LogP) is 3.90. The van der Waals surface area contributed by atoms with Crippen LogP contribution in [0.1, 0.15) is 24.8 Å². The summed E-state index contributed by atoms with van der Waals surface area (Å²) < 4.78 is 13.8. The van der Waals surface area contributed by atoms with Gasteiger partial charge in [0.15, 0.2) is 5.65 Å². The first-order valence-corrected chi connectivity index (χ1v) is 11.1. The molecule has 2 aromatic heterocycles. The van der Waals surface area contributed by atoms with Crippen molar-refractivity contribution in [3.05, 3.63) is 66.4 Å². The molecule has 0 bridgehead atoms. The molecule has 178 valence electrons. The highest BCUT2D eigenvalue weighted by atomic mass is 19.1. The van der Waals surface area contributed by atoms with Crippen LogP contribution in [0.2, 0.25) is 0 Å². The molecule has 1 aliphatic heterocycles. The molecule has 3 heterocycles. The highest BCUT2D eigenvalue weighted by Gasteiger charge is 2.31. The van der Waals surface area contributed by atoms with Crippen molar-refractivity contribution in [2.75, 3.05) is 28.6 Å². The van der Waals surface area contributed by atoms with Crippen LogP contribution in [0, 0.1) is 5.82 Å². The Morgan fingerprint density at radius 2 is 2.03 bits per heavy atom. The van der Waals surface area contributed by atoms with Gasteiger partial charge in [-0.2, -0.15) is 5.10 Å². The number of aromatic nitrogens is 4. The zero-order valence-electron chi connectivity index (χ0n) is 18.9. The van der Waals surface area contributed by atoms with Gasteiger partial charge in [-0.05, 0) is 36.2 Å². The summed E-state index contributed by atoms with van der Waals surface area (Å²) in [5.74, 6) is -0.00449. The third kappa shape index (κ3) is 4.60. The molecule has 0 fully saturated rings. The Balaban J connectivity index is 1.23. The van der Waals surface area contributed by atoms with E-state index in [1.165, 1.54) is 37.0 Å². The molecule has 0 saturated heterocycles. The van der Waals surface area contributed by atoms with Crippen LogP contribution in [0.25, 0.3) is 11.0 Å². The van der Waals surface area contributed by atoms with Gasteiger partial charge in [0.05, 0.1) is 17.3 Å². The van der Waals surface area contributed by atoms with Gasteiger partial charge < -0.3 is 20.9 Å². The Morgan fingerprint density at radius 3 is 2.89 bits per heavy atom. The average Bonchev–Trinajstić information content (AvgIpc) is 3.46. The van der Waals surface area contributed by atoms with Gasteiger partial charge in [-0.25, -0.2) is 19.2 Å². The Bertz CT molecular complexity index is 1410. The number of hydrogen-bond donors (Lipinski definition) is 4. The smallest absolute Gasteiger partial charge is 0.319 e. The summed E-state index contributed by atoms with van der Waals surface area (Å²) >= 11 is 0. The zero-order chi connectivity index (χ0) is 24.4. The molecule has 35 heavy (non-hydrogen) atoms. The van der Waals surface area contributed by atoms with E-state index in [0.717, 1.165) is 16.9 Å². The first-order chi connectivity index (χ1) is 17.0. The van der Waals surface area contributed by atoms with Gasteiger partial charge in [-0.3, -0.25) is 9.89 Å². The maximum atomic E-state index is 13.8. The molecule has 0 aliphatic carbocycles. The Morgan fingerprint density at radius 1 is 1.17 bits per heavy atom. The minimum absolute atomic E-state index is 0.00871. The lowest BCUT2D eigenvalue weighted by atomic mass is 9.98. The summed E-state index contributed by atoms with van der Waals surface area (Å²) in [6.07, 6.45) is 3.95. The minimum Gasteiger partial charge on any atom is -0.338 e. The molecule has 1 aliphatic rings. The largest absolute Gasteiger partial charge is 0.338 e. The van der Waals surface area contributed by atoms with Gasteiger partial charge in [-0.1, -0.05) is 18.2 Å². The fourth-order valence-electron chi connectivity index (χ4n) is 4.33. The van der Waals surface area contributed by atoms with Crippen molar-refractivity contribution in [1.82, 2.24) is 25.5 Å². The highest BCUT2D eigenvalue weighted by Crippen LogP contribution is 2.42. The van der Waals surface area contributed by atoms with Crippen molar-refractivity contribution in [3.63, 3.8) is 0 Å². The summed E-state index contributed by atoms with van der Waals surface area (Å²) in [5.41, 5.74) is 3.31. The number of nitrogens with one attached hydrogen (secondary N) is 4.